The summed E-state index contributed by atoms with van der Waals surface area (Å²) in [5, 5.41) is 3.06. The molecule has 2 aliphatic carbocycles. The molecule has 0 atom stereocenters. The van der Waals surface area contributed by atoms with Gasteiger partial charge in [0.15, 0.2) is 0 Å². The molecule has 0 bridgehead atoms. The van der Waals surface area contributed by atoms with Gasteiger partial charge in [0.05, 0.1) is 13.0 Å². The average molecular weight is 357 g/mol. The third-order valence-corrected chi connectivity index (χ3v) is 5.86. The number of hydrogen-bond acceptors (Lipinski definition) is 3. The van der Waals surface area contributed by atoms with Gasteiger partial charge in [-0.05, 0) is 74.6 Å². The van der Waals surface area contributed by atoms with Crippen LogP contribution in [0.15, 0.2) is 12.1 Å². The van der Waals surface area contributed by atoms with Gasteiger partial charge in [0, 0.05) is 0 Å². The first-order chi connectivity index (χ1) is 12.4. The molecule has 4 heteroatoms. The van der Waals surface area contributed by atoms with Crippen LogP contribution >= 0.6 is 0 Å². The lowest BCUT2D eigenvalue weighted by Gasteiger charge is -2.35. The topological polar surface area (TPSA) is 55.4 Å². The number of rotatable bonds is 6. The number of benzene rings is 1. The first kappa shape index (κ1) is 18.9. The summed E-state index contributed by atoms with van der Waals surface area (Å²) in [6.07, 6.45) is 7.25. The maximum atomic E-state index is 12.8. The Morgan fingerprint density at radius 3 is 2.27 bits per heavy atom. The molecule has 1 N–H and O–H groups in total. The zero-order valence-electron chi connectivity index (χ0n) is 16.3. The number of aryl methyl sites for hydroxylation is 2. The van der Waals surface area contributed by atoms with Crippen molar-refractivity contribution in [1.29, 1.82) is 0 Å². The number of nitrogens with one attached hydrogen (secondary N) is 1. The van der Waals surface area contributed by atoms with Crippen molar-refractivity contribution >= 4 is 11.9 Å². The van der Waals surface area contributed by atoms with Crippen molar-refractivity contribution in [3.63, 3.8) is 0 Å². The molecule has 0 heterocycles. The van der Waals surface area contributed by atoms with Crippen LogP contribution in [0, 0.1) is 13.8 Å². The minimum atomic E-state index is -0.832. The molecule has 0 spiro atoms. The summed E-state index contributed by atoms with van der Waals surface area (Å²) < 4.78 is 5.28. The van der Waals surface area contributed by atoms with Gasteiger partial charge >= 0.3 is 5.97 Å². The maximum Gasteiger partial charge on any atom is 0.331 e. The average Bonchev–Trinajstić information content (AvgIpc) is 3.44. The van der Waals surface area contributed by atoms with Crippen LogP contribution in [-0.2, 0) is 20.7 Å². The highest BCUT2D eigenvalue weighted by Crippen LogP contribution is 2.41. The lowest BCUT2D eigenvalue weighted by molar-refractivity contribution is -0.155. The molecule has 1 aromatic carbocycles. The normalized spacial score (nSPS) is 19.0. The zero-order valence-corrected chi connectivity index (χ0v) is 16.3. The van der Waals surface area contributed by atoms with E-state index in [0.29, 0.717) is 31.8 Å². The highest BCUT2D eigenvalue weighted by Gasteiger charge is 2.42. The van der Waals surface area contributed by atoms with E-state index in [1.807, 2.05) is 6.92 Å². The van der Waals surface area contributed by atoms with E-state index in [9.17, 15) is 9.59 Å². The van der Waals surface area contributed by atoms with Gasteiger partial charge in [-0.1, -0.05) is 31.4 Å². The minimum absolute atomic E-state index is 0.0784. The predicted octanol–water partition coefficient (Wildman–Crippen LogP) is 4.11. The van der Waals surface area contributed by atoms with Gasteiger partial charge in [-0.3, -0.25) is 4.79 Å². The smallest absolute Gasteiger partial charge is 0.331 e. The molecule has 1 amide bonds. The number of esters is 1. The Morgan fingerprint density at radius 1 is 1.12 bits per heavy atom. The fourth-order valence-corrected chi connectivity index (χ4v) is 4.23. The molecule has 0 aliphatic heterocycles. The van der Waals surface area contributed by atoms with Crippen molar-refractivity contribution in [2.75, 3.05) is 6.61 Å². The van der Waals surface area contributed by atoms with E-state index in [-0.39, 0.29) is 11.9 Å². The molecule has 2 fully saturated rings. The Kier molecular flexibility index (Phi) is 5.69. The van der Waals surface area contributed by atoms with Crippen molar-refractivity contribution in [1.82, 2.24) is 5.32 Å². The summed E-state index contributed by atoms with van der Waals surface area (Å²) in [5.41, 5.74) is 4.01. The molecule has 3 rings (SSSR count). The second-order valence-electron chi connectivity index (χ2n) is 8.00. The van der Waals surface area contributed by atoms with Crippen LogP contribution in [0.25, 0.3) is 0 Å². The van der Waals surface area contributed by atoms with Crippen LogP contribution in [0.4, 0.5) is 0 Å². The molecule has 2 aliphatic rings. The summed E-state index contributed by atoms with van der Waals surface area (Å²) in [5.74, 6) is 0.362. The van der Waals surface area contributed by atoms with Crippen molar-refractivity contribution in [2.45, 2.75) is 83.6 Å². The van der Waals surface area contributed by atoms with Crippen LogP contribution in [0.5, 0.6) is 0 Å². The van der Waals surface area contributed by atoms with E-state index in [0.717, 1.165) is 24.8 Å². The molecule has 4 nitrogen and oxygen atoms in total. The Labute approximate surface area is 156 Å². The molecule has 0 radical (unpaired) electrons. The summed E-state index contributed by atoms with van der Waals surface area (Å²) in [4.78, 5) is 25.3. The van der Waals surface area contributed by atoms with Gasteiger partial charge in [0.2, 0.25) is 5.91 Å². The van der Waals surface area contributed by atoms with Crippen molar-refractivity contribution in [2.24, 2.45) is 0 Å². The fourth-order valence-electron chi connectivity index (χ4n) is 4.23. The van der Waals surface area contributed by atoms with E-state index in [1.165, 1.54) is 29.5 Å². The molecule has 142 valence electrons. The Morgan fingerprint density at radius 2 is 1.73 bits per heavy atom. The molecule has 0 unspecified atom stereocenters. The van der Waals surface area contributed by atoms with Crippen LogP contribution in [0.3, 0.4) is 0 Å². The van der Waals surface area contributed by atoms with Crippen LogP contribution in [0.2, 0.25) is 0 Å². The lowest BCUT2D eigenvalue weighted by atomic mass is 9.81. The number of amides is 1. The summed E-state index contributed by atoms with van der Waals surface area (Å²) >= 11 is 0. The van der Waals surface area contributed by atoms with Gasteiger partial charge < -0.3 is 10.1 Å². The monoisotopic (exact) mass is 357 g/mol. The van der Waals surface area contributed by atoms with E-state index in [1.54, 1.807) is 0 Å². The first-order valence-electron chi connectivity index (χ1n) is 10.0. The first-order valence-corrected chi connectivity index (χ1v) is 10.0. The van der Waals surface area contributed by atoms with Gasteiger partial charge in [-0.25, -0.2) is 4.79 Å². The summed E-state index contributed by atoms with van der Waals surface area (Å²) in [6, 6.07) is 4.46. The van der Waals surface area contributed by atoms with Gasteiger partial charge in [0.1, 0.15) is 5.54 Å². The molecule has 26 heavy (non-hydrogen) atoms. The number of ether oxygens (including phenoxy) is 1. The number of carbonyl (C=O) groups excluding carboxylic acids is 2. The van der Waals surface area contributed by atoms with Crippen LogP contribution in [0.1, 0.15) is 80.0 Å². The van der Waals surface area contributed by atoms with E-state index < -0.39 is 5.54 Å². The van der Waals surface area contributed by atoms with Crippen LogP contribution in [-0.4, -0.2) is 24.0 Å². The van der Waals surface area contributed by atoms with E-state index in [4.69, 9.17) is 4.74 Å². The van der Waals surface area contributed by atoms with Crippen molar-refractivity contribution in [3.8, 4) is 0 Å². The second kappa shape index (κ2) is 7.81. The number of carbonyl (C=O) groups is 2. The molecular weight excluding hydrogens is 326 g/mol. The van der Waals surface area contributed by atoms with Crippen molar-refractivity contribution < 1.29 is 14.3 Å². The Hall–Kier alpha value is -1.84. The third kappa shape index (κ3) is 4.11. The second-order valence-corrected chi connectivity index (χ2v) is 8.00. The van der Waals surface area contributed by atoms with Crippen LogP contribution < -0.4 is 5.32 Å². The lowest BCUT2D eigenvalue weighted by Crippen LogP contribution is -2.56. The zero-order chi connectivity index (χ0) is 18.7. The molecule has 0 aromatic heterocycles. The number of hydrogen-bond donors (Lipinski definition) is 1. The molecular formula is C22H31NO3. The largest absolute Gasteiger partial charge is 0.464 e. The predicted molar refractivity (Wildman–Crippen MR) is 102 cm³/mol. The standard InChI is InChI=1S/C22H31NO3/c1-4-26-21(25)22(10-6-5-7-11-22)23-20(24)14-19-15(2)12-18(13-16(19)3)17-8-9-17/h12-13,17H,4-11,14H2,1-3H3,(H,23,24). The molecule has 1 aromatic rings. The van der Waals surface area contributed by atoms with Gasteiger partial charge in [0.25, 0.3) is 0 Å². The quantitative estimate of drug-likeness (QED) is 0.780. The minimum Gasteiger partial charge on any atom is -0.464 e. The van der Waals surface area contributed by atoms with E-state index >= 15 is 0 Å². The van der Waals surface area contributed by atoms with Gasteiger partial charge in [-0.2, -0.15) is 0 Å². The van der Waals surface area contributed by atoms with Crippen molar-refractivity contribution in [3.05, 3.63) is 34.4 Å². The Bertz CT molecular complexity index is 662. The Balaban J connectivity index is 1.73. The highest BCUT2D eigenvalue weighted by molar-refractivity contribution is 5.89. The maximum absolute atomic E-state index is 12.8. The SMILES string of the molecule is CCOC(=O)C1(NC(=O)Cc2c(C)cc(C3CC3)cc2C)CCCCC1. The summed E-state index contributed by atoms with van der Waals surface area (Å²) in [6.45, 7) is 6.33. The van der Waals surface area contributed by atoms with E-state index in [2.05, 4.69) is 31.3 Å². The van der Waals surface area contributed by atoms with Gasteiger partial charge in [-0.15, -0.1) is 0 Å². The third-order valence-electron chi connectivity index (χ3n) is 5.86. The summed E-state index contributed by atoms with van der Waals surface area (Å²) in [7, 11) is 0. The molecule has 0 saturated heterocycles. The highest BCUT2D eigenvalue weighted by atomic mass is 16.5. The molecule has 2 saturated carbocycles. The fraction of sp³-hybridized carbons (Fsp3) is 0.636.